The molecule has 0 fully saturated rings. The first-order valence-corrected chi connectivity index (χ1v) is 5.06. The minimum absolute atomic E-state index is 0.0289. The molecule has 0 radical (unpaired) electrons. The Morgan fingerprint density at radius 3 is 3.06 bits per heavy atom. The predicted molar refractivity (Wildman–Crippen MR) is 61.7 cm³/mol. The number of aromatic nitrogens is 3. The number of aryl methyl sites for hydroxylation is 1. The Morgan fingerprint density at radius 1 is 1.59 bits per heavy atom. The Kier molecular flexibility index (Phi) is 3.04. The van der Waals surface area contributed by atoms with E-state index in [9.17, 15) is 4.79 Å². The molecule has 0 spiro atoms. The van der Waals surface area contributed by atoms with Crippen LogP contribution in [0.4, 0.5) is 5.69 Å². The molecule has 0 bridgehead atoms. The van der Waals surface area contributed by atoms with E-state index < -0.39 is 5.97 Å². The highest BCUT2D eigenvalue weighted by atomic mass is 16.4. The van der Waals surface area contributed by atoms with E-state index in [0.717, 1.165) is 11.3 Å². The molecule has 0 aliphatic carbocycles. The third-order valence-corrected chi connectivity index (χ3v) is 2.23. The van der Waals surface area contributed by atoms with Crippen LogP contribution in [0.3, 0.4) is 0 Å². The van der Waals surface area contributed by atoms with Crippen molar-refractivity contribution in [2.24, 2.45) is 7.05 Å². The molecule has 17 heavy (non-hydrogen) atoms. The molecule has 2 N–H and O–H groups in total. The average Bonchev–Trinajstić information content (AvgIpc) is 2.73. The van der Waals surface area contributed by atoms with Gasteiger partial charge in [0.15, 0.2) is 0 Å². The Balaban J connectivity index is 2.04. The van der Waals surface area contributed by atoms with Crippen LogP contribution in [0.15, 0.2) is 30.7 Å². The van der Waals surface area contributed by atoms with Gasteiger partial charge in [-0.2, -0.15) is 5.10 Å². The number of hydrogen-bond donors (Lipinski definition) is 2. The summed E-state index contributed by atoms with van der Waals surface area (Å²) in [5.74, 6) is -1.03. The SMILES string of the molecule is Cn1cc(CNc2ccnc(C(=O)O)c2)cn1. The van der Waals surface area contributed by atoms with E-state index in [-0.39, 0.29) is 5.69 Å². The van der Waals surface area contributed by atoms with Crippen LogP contribution in [0, 0.1) is 0 Å². The average molecular weight is 232 g/mol. The second-order valence-corrected chi connectivity index (χ2v) is 3.61. The fourth-order valence-electron chi connectivity index (χ4n) is 1.42. The first kappa shape index (κ1) is 11.1. The maximum Gasteiger partial charge on any atom is 0.354 e. The van der Waals surface area contributed by atoms with Crippen LogP contribution in [0.1, 0.15) is 16.1 Å². The van der Waals surface area contributed by atoms with Crippen molar-refractivity contribution < 1.29 is 9.90 Å². The molecule has 0 atom stereocenters. The third-order valence-electron chi connectivity index (χ3n) is 2.23. The number of carbonyl (C=O) groups is 1. The molecule has 0 aliphatic rings. The number of aromatic carboxylic acids is 1. The Hall–Kier alpha value is -2.37. The summed E-state index contributed by atoms with van der Waals surface area (Å²) in [4.78, 5) is 14.5. The fourth-order valence-corrected chi connectivity index (χ4v) is 1.42. The second-order valence-electron chi connectivity index (χ2n) is 3.61. The van der Waals surface area contributed by atoms with E-state index in [4.69, 9.17) is 5.11 Å². The molecule has 0 aromatic carbocycles. The molecular weight excluding hydrogens is 220 g/mol. The van der Waals surface area contributed by atoms with E-state index in [1.165, 1.54) is 12.3 Å². The van der Waals surface area contributed by atoms with Crippen molar-refractivity contribution in [2.45, 2.75) is 6.54 Å². The van der Waals surface area contributed by atoms with Crippen molar-refractivity contribution in [3.05, 3.63) is 42.0 Å². The minimum Gasteiger partial charge on any atom is -0.477 e. The molecule has 0 unspecified atom stereocenters. The first-order valence-electron chi connectivity index (χ1n) is 5.06. The number of rotatable bonds is 4. The summed E-state index contributed by atoms with van der Waals surface area (Å²) in [6.45, 7) is 0.594. The van der Waals surface area contributed by atoms with Crippen LogP contribution in [0.5, 0.6) is 0 Å². The predicted octanol–water partition coefficient (Wildman–Crippen LogP) is 1.13. The molecule has 0 aliphatic heterocycles. The summed E-state index contributed by atoms with van der Waals surface area (Å²) >= 11 is 0. The van der Waals surface area contributed by atoms with Gasteiger partial charge < -0.3 is 10.4 Å². The topological polar surface area (TPSA) is 80.0 Å². The minimum atomic E-state index is -1.03. The van der Waals surface area contributed by atoms with E-state index in [0.29, 0.717) is 6.54 Å². The summed E-state index contributed by atoms with van der Waals surface area (Å²) in [6, 6.07) is 3.22. The third kappa shape index (κ3) is 2.81. The molecule has 6 nitrogen and oxygen atoms in total. The maximum absolute atomic E-state index is 10.7. The monoisotopic (exact) mass is 232 g/mol. The lowest BCUT2D eigenvalue weighted by atomic mass is 10.3. The molecule has 0 saturated heterocycles. The van der Waals surface area contributed by atoms with E-state index >= 15 is 0 Å². The summed E-state index contributed by atoms with van der Waals surface area (Å²) in [5, 5.41) is 16.0. The van der Waals surface area contributed by atoms with Gasteiger partial charge in [-0.25, -0.2) is 9.78 Å². The lowest BCUT2D eigenvalue weighted by molar-refractivity contribution is 0.0690. The van der Waals surface area contributed by atoms with Gasteiger partial charge in [-0.05, 0) is 12.1 Å². The summed E-state index contributed by atoms with van der Waals surface area (Å²) < 4.78 is 1.71. The quantitative estimate of drug-likeness (QED) is 0.825. The van der Waals surface area contributed by atoms with Gasteiger partial charge in [-0.1, -0.05) is 0 Å². The Morgan fingerprint density at radius 2 is 2.41 bits per heavy atom. The standard InChI is InChI=1S/C11H12N4O2/c1-15-7-8(6-14-15)5-13-9-2-3-12-10(4-9)11(16)17/h2-4,6-7H,5H2,1H3,(H,12,13)(H,16,17). The number of carboxylic acid groups (broad SMARTS) is 1. The van der Waals surface area contributed by atoms with Gasteiger partial charge in [0.2, 0.25) is 0 Å². The number of anilines is 1. The molecule has 2 heterocycles. The summed E-state index contributed by atoms with van der Waals surface area (Å²) in [5.41, 5.74) is 1.78. The van der Waals surface area contributed by atoms with Crippen molar-refractivity contribution in [3.8, 4) is 0 Å². The van der Waals surface area contributed by atoms with Crippen molar-refractivity contribution in [2.75, 3.05) is 5.32 Å². The van der Waals surface area contributed by atoms with Gasteiger partial charge in [0.05, 0.1) is 6.20 Å². The van der Waals surface area contributed by atoms with Crippen LogP contribution in [0.2, 0.25) is 0 Å². The lowest BCUT2D eigenvalue weighted by Crippen LogP contribution is -2.03. The highest BCUT2D eigenvalue weighted by Gasteiger charge is 2.04. The normalized spacial score (nSPS) is 10.2. The molecule has 88 valence electrons. The molecule has 2 rings (SSSR count). The molecule has 0 saturated carbocycles. The molecule has 2 aromatic heterocycles. The highest BCUT2D eigenvalue weighted by molar-refractivity contribution is 5.86. The summed E-state index contributed by atoms with van der Waals surface area (Å²) in [6.07, 6.45) is 5.12. The van der Waals surface area contributed by atoms with Gasteiger partial charge in [-0.15, -0.1) is 0 Å². The Bertz CT molecular complexity index is 536. The molecule has 6 heteroatoms. The van der Waals surface area contributed by atoms with E-state index in [2.05, 4.69) is 15.4 Å². The van der Waals surface area contributed by atoms with Gasteiger partial charge in [0.1, 0.15) is 5.69 Å². The van der Waals surface area contributed by atoms with E-state index in [1.807, 2.05) is 13.2 Å². The van der Waals surface area contributed by atoms with Crippen LogP contribution >= 0.6 is 0 Å². The number of nitrogens with one attached hydrogen (secondary N) is 1. The number of pyridine rings is 1. The lowest BCUT2D eigenvalue weighted by Gasteiger charge is -2.04. The van der Waals surface area contributed by atoms with Crippen molar-refractivity contribution >= 4 is 11.7 Å². The van der Waals surface area contributed by atoms with Crippen molar-refractivity contribution in [1.82, 2.24) is 14.8 Å². The van der Waals surface area contributed by atoms with Gasteiger partial charge in [0.25, 0.3) is 0 Å². The zero-order valence-electron chi connectivity index (χ0n) is 9.29. The zero-order valence-corrected chi connectivity index (χ0v) is 9.29. The zero-order chi connectivity index (χ0) is 12.3. The molecule has 0 amide bonds. The van der Waals surface area contributed by atoms with Crippen LogP contribution < -0.4 is 5.32 Å². The fraction of sp³-hybridized carbons (Fsp3) is 0.182. The number of hydrogen-bond acceptors (Lipinski definition) is 4. The van der Waals surface area contributed by atoms with Crippen molar-refractivity contribution in [3.63, 3.8) is 0 Å². The van der Waals surface area contributed by atoms with Crippen LogP contribution in [-0.4, -0.2) is 25.8 Å². The van der Waals surface area contributed by atoms with Gasteiger partial charge in [0, 0.05) is 37.2 Å². The molecule has 2 aromatic rings. The van der Waals surface area contributed by atoms with Gasteiger partial charge >= 0.3 is 5.97 Å². The largest absolute Gasteiger partial charge is 0.477 e. The van der Waals surface area contributed by atoms with E-state index in [1.54, 1.807) is 16.9 Å². The van der Waals surface area contributed by atoms with Crippen LogP contribution in [-0.2, 0) is 13.6 Å². The van der Waals surface area contributed by atoms with Crippen LogP contribution in [0.25, 0.3) is 0 Å². The van der Waals surface area contributed by atoms with Gasteiger partial charge in [-0.3, -0.25) is 4.68 Å². The summed E-state index contributed by atoms with van der Waals surface area (Å²) in [7, 11) is 1.85. The number of carboxylic acids is 1. The maximum atomic E-state index is 10.7. The first-order chi connectivity index (χ1) is 8.15. The Labute approximate surface area is 97.9 Å². The molecular formula is C11H12N4O2. The number of nitrogens with zero attached hydrogens (tertiary/aromatic N) is 3. The highest BCUT2D eigenvalue weighted by Crippen LogP contribution is 2.09. The van der Waals surface area contributed by atoms with Crippen molar-refractivity contribution in [1.29, 1.82) is 0 Å². The smallest absolute Gasteiger partial charge is 0.354 e. The second kappa shape index (κ2) is 4.65.